The molecule has 0 aliphatic carbocycles. The molecule has 0 radical (unpaired) electrons. The van der Waals surface area contributed by atoms with Crippen molar-refractivity contribution in [3.05, 3.63) is 28.2 Å². The first-order valence-corrected chi connectivity index (χ1v) is 7.09. The van der Waals surface area contributed by atoms with Crippen molar-refractivity contribution in [1.29, 1.82) is 5.41 Å². The second kappa shape index (κ2) is 6.30. The maximum atomic E-state index is 7.55. The first-order valence-electron chi connectivity index (χ1n) is 5.31. The molecule has 0 aromatic heterocycles. The Balaban J connectivity index is 2.82. The summed E-state index contributed by atoms with van der Waals surface area (Å²) >= 11 is 5.17. The van der Waals surface area contributed by atoms with Crippen molar-refractivity contribution >= 4 is 33.5 Å². The van der Waals surface area contributed by atoms with E-state index in [1.54, 1.807) is 11.8 Å². The molecular formula is C12H17BrN2S. The van der Waals surface area contributed by atoms with Crippen LogP contribution in [0, 0.1) is 11.3 Å². The molecule has 16 heavy (non-hydrogen) atoms. The number of nitrogen functional groups attached to an aromatic ring is 1. The van der Waals surface area contributed by atoms with E-state index < -0.39 is 0 Å². The Morgan fingerprint density at radius 2 is 2.25 bits per heavy atom. The molecule has 1 unspecified atom stereocenters. The van der Waals surface area contributed by atoms with Gasteiger partial charge in [-0.25, -0.2) is 0 Å². The van der Waals surface area contributed by atoms with E-state index >= 15 is 0 Å². The standard InChI is InChI=1S/C12H17BrN2S/c1-3-8(2)7-16-11-5-4-9(13)6-10(11)12(14)15/h4-6,8H,3,7H2,1-2H3,(H3,14,15). The average molecular weight is 301 g/mol. The Labute approximate surface area is 110 Å². The zero-order valence-corrected chi connectivity index (χ0v) is 12.0. The Hall–Kier alpha value is -0.480. The number of thioether (sulfide) groups is 1. The van der Waals surface area contributed by atoms with Crippen LogP contribution in [0.15, 0.2) is 27.6 Å². The molecule has 0 aliphatic rings. The predicted molar refractivity (Wildman–Crippen MR) is 75.3 cm³/mol. The van der Waals surface area contributed by atoms with Crippen LogP contribution in [-0.2, 0) is 0 Å². The maximum Gasteiger partial charge on any atom is 0.123 e. The quantitative estimate of drug-likeness (QED) is 0.493. The number of hydrogen-bond acceptors (Lipinski definition) is 2. The van der Waals surface area contributed by atoms with Crippen LogP contribution in [0.1, 0.15) is 25.8 Å². The fourth-order valence-electron chi connectivity index (χ4n) is 1.19. The van der Waals surface area contributed by atoms with Gasteiger partial charge in [-0.3, -0.25) is 5.41 Å². The van der Waals surface area contributed by atoms with Gasteiger partial charge in [0.25, 0.3) is 0 Å². The maximum absolute atomic E-state index is 7.55. The van der Waals surface area contributed by atoms with E-state index in [0.29, 0.717) is 5.92 Å². The molecule has 0 aliphatic heterocycles. The van der Waals surface area contributed by atoms with Crippen molar-refractivity contribution in [2.75, 3.05) is 5.75 Å². The van der Waals surface area contributed by atoms with Crippen molar-refractivity contribution in [1.82, 2.24) is 0 Å². The monoisotopic (exact) mass is 300 g/mol. The van der Waals surface area contributed by atoms with Crippen LogP contribution in [0.25, 0.3) is 0 Å². The van der Waals surface area contributed by atoms with Gasteiger partial charge in [0.2, 0.25) is 0 Å². The summed E-state index contributed by atoms with van der Waals surface area (Å²) in [7, 11) is 0. The van der Waals surface area contributed by atoms with Crippen molar-refractivity contribution in [2.45, 2.75) is 25.2 Å². The molecule has 4 heteroatoms. The van der Waals surface area contributed by atoms with E-state index in [4.69, 9.17) is 11.1 Å². The van der Waals surface area contributed by atoms with Crippen molar-refractivity contribution in [3.63, 3.8) is 0 Å². The number of benzene rings is 1. The third kappa shape index (κ3) is 3.83. The zero-order chi connectivity index (χ0) is 12.1. The lowest BCUT2D eigenvalue weighted by molar-refractivity contribution is 0.637. The second-order valence-electron chi connectivity index (χ2n) is 3.88. The molecule has 2 nitrogen and oxygen atoms in total. The van der Waals surface area contributed by atoms with E-state index in [9.17, 15) is 0 Å². The summed E-state index contributed by atoms with van der Waals surface area (Å²) in [6.45, 7) is 4.43. The van der Waals surface area contributed by atoms with Gasteiger partial charge in [-0.15, -0.1) is 11.8 Å². The van der Waals surface area contributed by atoms with Crippen LogP contribution in [0.4, 0.5) is 0 Å². The number of nitrogens with two attached hydrogens (primary N) is 1. The van der Waals surface area contributed by atoms with E-state index in [2.05, 4.69) is 29.8 Å². The van der Waals surface area contributed by atoms with Crippen LogP contribution in [-0.4, -0.2) is 11.6 Å². The summed E-state index contributed by atoms with van der Waals surface area (Å²) in [4.78, 5) is 1.09. The molecule has 0 saturated heterocycles. The summed E-state index contributed by atoms with van der Waals surface area (Å²) in [6.07, 6.45) is 1.18. The molecule has 1 atom stereocenters. The van der Waals surface area contributed by atoms with Crippen LogP contribution in [0.3, 0.4) is 0 Å². The van der Waals surface area contributed by atoms with Gasteiger partial charge in [-0.1, -0.05) is 36.2 Å². The van der Waals surface area contributed by atoms with Gasteiger partial charge in [0, 0.05) is 20.7 Å². The van der Waals surface area contributed by atoms with Crippen LogP contribution >= 0.6 is 27.7 Å². The third-order valence-corrected chi connectivity index (χ3v) is 4.35. The highest BCUT2D eigenvalue weighted by atomic mass is 79.9. The summed E-state index contributed by atoms with van der Waals surface area (Å²) in [5, 5.41) is 7.55. The van der Waals surface area contributed by atoms with E-state index in [1.807, 2.05) is 18.2 Å². The smallest absolute Gasteiger partial charge is 0.123 e. The molecular weight excluding hydrogens is 284 g/mol. The molecule has 0 spiro atoms. The molecule has 0 bridgehead atoms. The lowest BCUT2D eigenvalue weighted by atomic mass is 10.2. The Bertz CT molecular complexity index is 379. The topological polar surface area (TPSA) is 49.9 Å². The number of amidine groups is 1. The fraction of sp³-hybridized carbons (Fsp3) is 0.417. The average Bonchev–Trinajstić information content (AvgIpc) is 2.26. The largest absolute Gasteiger partial charge is 0.384 e. The third-order valence-electron chi connectivity index (χ3n) is 2.45. The molecule has 0 amide bonds. The van der Waals surface area contributed by atoms with E-state index in [1.165, 1.54) is 6.42 Å². The van der Waals surface area contributed by atoms with Crippen molar-refractivity contribution in [3.8, 4) is 0 Å². The van der Waals surface area contributed by atoms with Gasteiger partial charge < -0.3 is 5.73 Å². The SMILES string of the molecule is CCC(C)CSc1ccc(Br)cc1C(=N)N. The molecule has 88 valence electrons. The first kappa shape index (κ1) is 13.6. The lowest BCUT2D eigenvalue weighted by Gasteiger charge is -2.11. The summed E-state index contributed by atoms with van der Waals surface area (Å²) in [5.74, 6) is 1.89. The highest BCUT2D eigenvalue weighted by Crippen LogP contribution is 2.27. The zero-order valence-electron chi connectivity index (χ0n) is 9.59. The highest BCUT2D eigenvalue weighted by molar-refractivity contribution is 9.10. The van der Waals surface area contributed by atoms with Crippen molar-refractivity contribution < 1.29 is 0 Å². The Morgan fingerprint density at radius 3 is 2.81 bits per heavy atom. The van der Waals surface area contributed by atoms with Gasteiger partial charge in [0.1, 0.15) is 5.84 Å². The van der Waals surface area contributed by atoms with Gasteiger partial charge in [-0.05, 0) is 24.1 Å². The normalized spacial score (nSPS) is 12.4. The van der Waals surface area contributed by atoms with E-state index in [0.717, 1.165) is 20.7 Å². The number of hydrogen-bond donors (Lipinski definition) is 2. The first-order chi connectivity index (χ1) is 7.54. The molecule has 0 heterocycles. The summed E-state index contributed by atoms with van der Waals surface area (Å²) < 4.78 is 0.964. The van der Waals surface area contributed by atoms with E-state index in [-0.39, 0.29) is 5.84 Å². The van der Waals surface area contributed by atoms with Gasteiger partial charge >= 0.3 is 0 Å². The minimum Gasteiger partial charge on any atom is -0.384 e. The number of halogens is 1. The molecule has 1 rings (SSSR count). The highest BCUT2D eigenvalue weighted by Gasteiger charge is 2.08. The van der Waals surface area contributed by atoms with Gasteiger partial charge in [-0.2, -0.15) is 0 Å². The predicted octanol–water partition coefficient (Wildman–Crippen LogP) is 3.87. The summed E-state index contributed by atoms with van der Waals surface area (Å²) in [6, 6.07) is 5.92. The molecule has 1 aromatic carbocycles. The molecule has 3 N–H and O–H groups in total. The van der Waals surface area contributed by atoms with Crippen molar-refractivity contribution in [2.24, 2.45) is 11.7 Å². The Morgan fingerprint density at radius 1 is 1.56 bits per heavy atom. The molecule has 0 saturated carbocycles. The number of nitrogens with one attached hydrogen (secondary N) is 1. The van der Waals surface area contributed by atoms with Gasteiger partial charge in [0.05, 0.1) is 0 Å². The van der Waals surface area contributed by atoms with Crippen LogP contribution in [0.5, 0.6) is 0 Å². The Kier molecular flexibility index (Phi) is 5.35. The fourth-order valence-corrected chi connectivity index (χ4v) is 2.74. The minimum atomic E-state index is 0.132. The van der Waals surface area contributed by atoms with Gasteiger partial charge in [0.15, 0.2) is 0 Å². The van der Waals surface area contributed by atoms with Crippen LogP contribution < -0.4 is 5.73 Å². The van der Waals surface area contributed by atoms with Crippen LogP contribution in [0.2, 0.25) is 0 Å². The summed E-state index contributed by atoms with van der Waals surface area (Å²) in [5.41, 5.74) is 6.39. The second-order valence-corrected chi connectivity index (χ2v) is 5.86. The molecule has 0 fully saturated rings. The molecule has 1 aromatic rings. The number of rotatable bonds is 5. The minimum absolute atomic E-state index is 0.132. The lowest BCUT2D eigenvalue weighted by Crippen LogP contribution is -2.12.